The van der Waals surface area contributed by atoms with E-state index < -0.39 is 10.0 Å². The molecule has 4 nitrogen and oxygen atoms in total. The molecule has 0 amide bonds. The summed E-state index contributed by atoms with van der Waals surface area (Å²) < 4.78 is 24.1. The predicted molar refractivity (Wildman–Crippen MR) is 57.1 cm³/mol. The van der Waals surface area contributed by atoms with Crippen LogP contribution in [-0.4, -0.2) is 13.0 Å². The number of aromatic nitrogens is 1. The third kappa shape index (κ3) is 2.08. The van der Waals surface area contributed by atoms with Gasteiger partial charge in [0.1, 0.15) is 0 Å². The van der Waals surface area contributed by atoms with Gasteiger partial charge < -0.3 is 4.57 Å². The summed E-state index contributed by atoms with van der Waals surface area (Å²) in [7, 11) is -3.63. The minimum atomic E-state index is -3.63. The lowest BCUT2D eigenvalue weighted by Crippen LogP contribution is -2.12. The molecule has 1 aromatic heterocycles. The lowest BCUT2D eigenvalue weighted by molar-refractivity contribution is 0.597. The first-order valence-electron chi connectivity index (χ1n) is 4.33. The van der Waals surface area contributed by atoms with Crippen molar-refractivity contribution in [3.8, 4) is 5.69 Å². The van der Waals surface area contributed by atoms with Gasteiger partial charge in [0.25, 0.3) is 0 Å². The van der Waals surface area contributed by atoms with Crippen molar-refractivity contribution in [1.82, 2.24) is 4.57 Å². The third-order valence-corrected chi connectivity index (χ3v) is 2.96. The molecule has 2 aromatic rings. The maximum atomic E-state index is 11.1. The average molecular weight is 222 g/mol. The van der Waals surface area contributed by atoms with Crippen molar-refractivity contribution in [2.45, 2.75) is 4.90 Å². The van der Waals surface area contributed by atoms with Crippen molar-refractivity contribution in [1.29, 1.82) is 0 Å². The van der Waals surface area contributed by atoms with Gasteiger partial charge in [-0.25, -0.2) is 13.6 Å². The summed E-state index contributed by atoms with van der Waals surface area (Å²) in [6.07, 6.45) is 3.67. The predicted octanol–water partition coefficient (Wildman–Crippen LogP) is 1.12. The van der Waals surface area contributed by atoms with Crippen LogP contribution in [0.1, 0.15) is 0 Å². The van der Waals surface area contributed by atoms with Crippen molar-refractivity contribution in [3.63, 3.8) is 0 Å². The molecule has 2 rings (SSSR count). The van der Waals surface area contributed by atoms with Gasteiger partial charge in [-0.15, -0.1) is 0 Å². The van der Waals surface area contributed by atoms with Crippen molar-refractivity contribution in [3.05, 3.63) is 48.8 Å². The third-order valence-electron chi connectivity index (χ3n) is 2.05. The van der Waals surface area contributed by atoms with Crippen LogP contribution in [0.15, 0.2) is 53.7 Å². The second kappa shape index (κ2) is 3.52. The molecular formula is C10H10N2O2S. The number of hydrogen-bond donors (Lipinski definition) is 1. The van der Waals surface area contributed by atoms with E-state index in [4.69, 9.17) is 5.14 Å². The Morgan fingerprint density at radius 3 is 2.33 bits per heavy atom. The maximum absolute atomic E-state index is 11.1. The zero-order valence-electron chi connectivity index (χ0n) is 7.87. The van der Waals surface area contributed by atoms with Crippen LogP contribution >= 0.6 is 0 Å². The smallest absolute Gasteiger partial charge is 0.238 e. The normalized spacial score (nSPS) is 11.5. The average Bonchev–Trinajstić information content (AvgIpc) is 2.69. The number of benzene rings is 1. The molecule has 1 aromatic carbocycles. The molecular weight excluding hydrogens is 212 g/mol. The Kier molecular flexibility index (Phi) is 2.34. The van der Waals surface area contributed by atoms with E-state index in [1.165, 1.54) is 12.1 Å². The highest BCUT2D eigenvalue weighted by molar-refractivity contribution is 7.89. The van der Waals surface area contributed by atoms with Gasteiger partial charge in [-0.3, -0.25) is 0 Å². The van der Waals surface area contributed by atoms with Crippen LogP contribution in [-0.2, 0) is 10.0 Å². The molecule has 0 atom stereocenters. The first kappa shape index (κ1) is 9.95. The standard InChI is InChI=1S/C10H10N2O2S/c11-15(13,14)10-5-3-4-9(8-10)12-6-1-2-7-12/h1-8H,(H2,11,13,14). The Balaban J connectivity index is 2.53. The van der Waals surface area contributed by atoms with E-state index in [2.05, 4.69) is 0 Å². The molecule has 0 spiro atoms. The van der Waals surface area contributed by atoms with Crippen LogP contribution < -0.4 is 5.14 Å². The zero-order chi connectivity index (χ0) is 10.9. The Bertz CT molecular complexity index is 559. The number of nitrogens with two attached hydrogens (primary N) is 1. The quantitative estimate of drug-likeness (QED) is 0.827. The van der Waals surface area contributed by atoms with Gasteiger partial charge in [-0.05, 0) is 30.3 Å². The Morgan fingerprint density at radius 1 is 1.07 bits per heavy atom. The maximum Gasteiger partial charge on any atom is 0.238 e. The van der Waals surface area contributed by atoms with Crippen molar-refractivity contribution >= 4 is 10.0 Å². The van der Waals surface area contributed by atoms with Crippen molar-refractivity contribution in [2.75, 3.05) is 0 Å². The molecule has 0 aliphatic carbocycles. The number of nitrogens with zero attached hydrogens (tertiary/aromatic N) is 1. The van der Waals surface area contributed by atoms with Crippen LogP contribution in [0.2, 0.25) is 0 Å². The second-order valence-corrected chi connectivity index (χ2v) is 4.69. The first-order chi connectivity index (χ1) is 7.07. The molecule has 78 valence electrons. The van der Waals surface area contributed by atoms with Crippen LogP contribution in [0.4, 0.5) is 0 Å². The molecule has 0 unspecified atom stereocenters. The van der Waals surface area contributed by atoms with Gasteiger partial charge >= 0.3 is 0 Å². The molecule has 5 heteroatoms. The number of sulfonamides is 1. The van der Waals surface area contributed by atoms with Gasteiger partial charge in [0.05, 0.1) is 4.90 Å². The molecule has 0 saturated heterocycles. The van der Waals surface area contributed by atoms with Crippen molar-refractivity contribution in [2.24, 2.45) is 5.14 Å². The van der Waals surface area contributed by atoms with E-state index in [1.807, 2.05) is 35.2 Å². The van der Waals surface area contributed by atoms with Gasteiger partial charge in [0, 0.05) is 18.1 Å². The van der Waals surface area contributed by atoms with Gasteiger partial charge in [-0.2, -0.15) is 0 Å². The minimum Gasteiger partial charge on any atom is -0.324 e. The Hall–Kier alpha value is -1.59. The highest BCUT2D eigenvalue weighted by Crippen LogP contribution is 2.13. The summed E-state index contributed by atoms with van der Waals surface area (Å²) in [5.41, 5.74) is 0.770. The highest BCUT2D eigenvalue weighted by atomic mass is 32.2. The Morgan fingerprint density at radius 2 is 1.73 bits per heavy atom. The fraction of sp³-hybridized carbons (Fsp3) is 0. The molecule has 15 heavy (non-hydrogen) atoms. The van der Waals surface area contributed by atoms with Crippen LogP contribution in [0.25, 0.3) is 5.69 Å². The summed E-state index contributed by atoms with van der Waals surface area (Å²) in [6.45, 7) is 0. The zero-order valence-corrected chi connectivity index (χ0v) is 8.68. The van der Waals surface area contributed by atoms with E-state index in [0.717, 1.165) is 5.69 Å². The van der Waals surface area contributed by atoms with E-state index >= 15 is 0 Å². The molecule has 1 heterocycles. The number of hydrogen-bond acceptors (Lipinski definition) is 2. The molecule has 0 radical (unpaired) electrons. The van der Waals surface area contributed by atoms with E-state index in [9.17, 15) is 8.42 Å². The van der Waals surface area contributed by atoms with Gasteiger partial charge in [0.15, 0.2) is 0 Å². The Labute approximate surface area is 88.0 Å². The fourth-order valence-electron chi connectivity index (χ4n) is 1.33. The lowest BCUT2D eigenvalue weighted by atomic mass is 10.3. The van der Waals surface area contributed by atoms with E-state index in [0.29, 0.717) is 0 Å². The highest BCUT2D eigenvalue weighted by Gasteiger charge is 2.07. The minimum absolute atomic E-state index is 0.119. The number of rotatable bonds is 2. The van der Waals surface area contributed by atoms with Crippen LogP contribution in [0, 0.1) is 0 Å². The monoisotopic (exact) mass is 222 g/mol. The topological polar surface area (TPSA) is 65.1 Å². The van der Waals surface area contributed by atoms with Crippen LogP contribution in [0.3, 0.4) is 0 Å². The van der Waals surface area contributed by atoms with Gasteiger partial charge in [0.2, 0.25) is 10.0 Å². The summed E-state index contributed by atoms with van der Waals surface area (Å²) in [4.78, 5) is 0.119. The molecule has 2 N–H and O–H groups in total. The van der Waals surface area contributed by atoms with E-state index in [1.54, 1.807) is 6.07 Å². The summed E-state index contributed by atoms with van der Waals surface area (Å²) in [5, 5.41) is 5.04. The summed E-state index contributed by atoms with van der Waals surface area (Å²) >= 11 is 0. The molecule has 0 saturated carbocycles. The van der Waals surface area contributed by atoms with Gasteiger partial charge in [-0.1, -0.05) is 6.07 Å². The molecule has 0 aliphatic heterocycles. The SMILES string of the molecule is NS(=O)(=O)c1cccc(-n2cccc2)c1. The summed E-state index contributed by atoms with van der Waals surface area (Å²) in [6, 6.07) is 10.2. The largest absolute Gasteiger partial charge is 0.324 e. The molecule has 0 fully saturated rings. The first-order valence-corrected chi connectivity index (χ1v) is 5.88. The molecule has 0 bridgehead atoms. The van der Waals surface area contributed by atoms with Crippen LogP contribution in [0.5, 0.6) is 0 Å². The summed E-state index contributed by atoms with van der Waals surface area (Å²) in [5.74, 6) is 0. The van der Waals surface area contributed by atoms with Crippen molar-refractivity contribution < 1.29 is 8.42 Å². The van der Waals surface area contributed by atoms with E-state index in [-0.39, 0.29) is 4.90 Å². The number of primary sulfonamides is 1. The fourth-order valence-corrected chi connectivity index (χ4v) is 1.88. The lowest BCUT2D eigenvalue weighted by Gasteiger charge is -2.04. The molecule has 0 aliphatic rings. The second-order valence-electron chi connectivity index (χ2n) is 3.13.